The van der Waals surface area contributed by atoms with Crippen molar-refractivity contribution in [1.29, 1.82) is 0 Å². The first kappa shape index (κ1) is 14.0. The van der Waals surface area contributed by atoms with Crippen molar-refractivity contribution < 1.29 is 9.50 Å². The molecule has 0 heterocycles. The zero-order valence-corrected chi connectivity index (χ0v) is 11.4. The van der Waals surface area contributed by atoms with Crippen molar-refractivity contribution in [3.8, 4) is 0 Å². The molecule has 100 valence electrons. The van der Waals surface area contributed by atoms with Gasteiger partial charge in [0, 0.05) is 0 Å². The van der Waals surface area contributed by atoms with Crippen LogP contribution in [0.1, 0.15) is 24.2 Å². The molecule has 0 saturated heterocycles. The summed E-state index contributed by atoms with van der Waals surface area (Å²) in [6, 6.07) is 14.3. The SMILES string of the molecule is CC(Cc1ccc(Cl)c(F)c1)C(O)c1ccccc1. The number of hydrogen-bond acceptors (Lipinski definition) is 1. The van der Waals surface area contributed by atoms with E-state index in [2.05, 4.69) is 0 Å². The maximum atomic E-state index is 13.4. The largest absolute Gasteiger partial charge is 0.388 e. The molecule has 1 N–H and O–H groups in total. The first-order valence-electron chi connectivity index (χ1n) is 6.25. The maximum absolute atomic E-state index is 13.4. The summed E-state index contributed by atoms with van der Waals surface area (Å²) in [5, 5.41) is 10.4. The van der Waals surface area contributed by atoms with Gasteiger partial charge in [-0.2, -0.15) is 0 Å². The Morgan fingerprint density at radius 1 is 1.16 bits per heavy atom. The summed E-state index contributed by atoms with van der Waals surface area (Å²) in [6.07, 6.45) is 0.0457. The van der Waals surface area contributed by atoms with E-state index in [0.29, 0.717) is 6.42 Å². The maximum Gasteiger partial charge on any atom is 0.142 e. The molecule has 2 aromatic carbocycles. The van der Waals surface area contributed by atoms with E-state index in [1.54, 1.807) is 12.1 Å². The van der Waals surface area contributed by atoms with Crippen molar-refractivity contribution in [2.45, 2.75) is 19.4 Å². The van der Waals surface area contributed by atoms with Gasteiger partial charge in [-0.3, -0.25) is 0 Å². The Morgan fingerprint density at radius 3 is 2.47 bits per heavy atom. The van der Waals surface area contributed by atoms with Gasteiger partial charge in [-0.05, 0) is 35.6 Å². The predicted molar refractivity (Wildman–Crippen MR) is 75.7 cm³/mol. The molecule has 2 rings (SSSR count). The van der Waals surface area contributed by atoms with E-state index >= 15 is 0 Å². The van der Waals surface area contributed by atoms with Crippen LogP contribution in [0.3, 0.4) is 0 Å². The predicted octanol–water partition coefficient (Wildman–Crippen LogP) is 4.39. The molecule has 2 unspecified atom stereocenters. The normalized spacial score (nSPS) is 14.1. The molecule has 0 bridgehead atoms. The Kier molecular flexibility index (Phi) is 4.56. The molecule has 19 heavy (non-hydrogen) atoms. The highest BCUT2D eigenvalue weighted by atomic mass is 35.5. The lowest BCUT2D eigenvalue weighted by atomic mass is 9.91. The third kappa shape index (κ3) is 3.55. The van der Waals surface area contributed by atoms with Gasteiger partial charge in [-0.1, -0.05) is 54.9 Å². The average molecular weight is 279 g/mol. The first-order valence-corrected chi connectivity index (χ1v) is 6.62. The molecule has 2 aromatic rings. The summed E-state index contributed by atoms with van der Waals surface area (Å²) in [5.74, 6) is -0.413. The molecule has 3 heteroatoms. The van der Waals surface area contributed by atoms with Crippen LogP contribution in [0.4, 0.5) is 4.39 Å². The summed E-state index contributed by atoms with van der Waals surface area (Å²) in [5.41, 5.74) is 1.72. The van der Waals surface area contributed by atoms with Crippen LogP contribution in [-0.4, -0.2) is 5.11 Å². The molecule has 0 radical (unpaired) electrons. The van der Waals surface area contributed by atoms with Crippen LogP contribution in [0.2, 0.25) is 5.02 Å². The third-order valence-electron chi connectivity index (χ3n) is 3.22. The quantitative estimate of drug-likeness (QED) is 0.879. The highest BCUT2D eigenvalue weighted by molar-refractivity contribution is 6.30. The van der Waals surface area contributed by atoms with Crippen LogP contribution in [-0.2, 0) is 6.42 Å². The number of benzene rings is 2. The summed E-state index contributed by atoms with van der Waals surface area (Å²) < 4.78 is 13.4. The lowest BCUT2D eigenvalue weighted by Crippen LogP contribution is -2.12. The summed E-state index contributed by atoms with van der Waals surface area (Å²) in [7, 11) is 0. The van der Waals surface area contributed by atoms with Crippen LogP contribution >= 0.6 is 11.6 Å². The van der Waals surface area contributed by atoms with E-state index < -0.39 is 11.9 Å². The van der Waals surface area contributed by atoms with Gasteiger partial charge in [0.1, 0.15) is 5.82 Å². The van der Waals surface area contributed by atoms with E-state index in [1.807, 2.05) is 37.3 Å². The topological polar surface area (TPSA) is 20.2 Å². The smallest absolute Gasteiger partial charge is 0.142 e. The van der Waals surface area contributed by atoms with Crippen molar-refractivity contribution in [2.75, 3.05) is 0 Å². The van der Waals surface area contributed by atoms with E-state index in [0.717, 1.165) is 11.1 Å². The van der Waals surface area contributed by atoms with Gasteiger partial charge in [0.25, 0.3) is 0 Å². The fourth-order valence-corrected chi connectivity index (χ4v) is 2.25. The molecule has 0 spiro atoms. The first-order chi connectivity index (χ1) is 9.08. The van der Waals surface area contributed by atoms with Gasteiger partial charge < -0.3 is 5.11 Å². The number of aliphatic hydroxyl groups excluding tert-OH is 1. The van der Waals surface area contributed by atoms with Crippen molar-refractivity contribution in [3.05, 3.63) is 70.5 Å². The van der Waals surface area contributed by atoms with Crippen molar-refractivity contribution in [2.24, 2.45) is 5.92 Å². The van der Waals surface area contributed by atoms with E-state index in [4.69, 9.17) is 11.6 Å². The standard InChI is InChI=1S/C16H16ClFO/c1-11(16(19)13-5-3-2-4-6-13)9-12-7-8-14(17)15(18)10-12/h2-8,10-11,16,19H,9H2,1H3. The van der Waals surface area contributed by atoms with Crippen LogP contribution in [0.15, 0.2) is 48.5 Å². The van der Waals surface area contributed by atoms with Gasteiger partial charge in [0.2, 0.25) is 0 Å². The van der Waals surface area contributed by atoms with Gasteiger partial charge in [0.15, 0.2) is 0 Å². The molecule has 1 nitrogen and oxygen atoms in total. The fourth-order valence-electron chi connectivity index (χ4n) is 2.13. The molecule has 0 amide bonds. The second-order valence-corrected chi connectivity index (χ2v) is 5.19. The van der Waals surface area contributed by atoms with E-state index in [1.165, 1.54) is 6.07 Å². The van der Waals surface area contributed by atoms with Gasteiger partial charge in [-0.25, -0.2) is 4.39 Å². The minimum atomic E-state index is -0.556. The molecular weight excluding hydrogens is 263 g/mol. The molecule has 0 aliphatic carbocycles. The van der Waals surface area contributed by atoms with Crippen molar-refractivity contribution in [1.82, 2.24) is 0 Å². The molecule has 0 fully saturated rings. The van der Waals surface area contributed by atoms with Gasteiger partial charge >= 0.3 is 0 Å². The Hall–Kier alpha value is -1.38. The Labute approximate surface area is 117 Å². The number of halogens is 2. The lowest BCUT2D eigenvalue weighted by molar-refractivity contribution is 0.117. The minimum Gasteiger partial charge on any atom is -0.388 e. The van der Waals surface area contributed by atoms with Crippen LogP contribution in [0.5, 0.6) is 0 Å². The zero-order valence-electron chi connectivity index (χ0n) is 10.7. The molecule has 0 aliphatic rings. The van der Waals surface area contributed by atoms with Crippen molar-refractivity contribution in [3.63, 3.8) is 0 Å². The van der Waals surface area contributed by atoms with Gasteiger partial charge in [0.05, 0.1) is 11.1 Å². The third-order valence-corrected chi connectivity index (χ3v) is 3.53. The van der Waals surface area contributed by atoms with Crippen LogP contribution < -0.4 is 0 Å². The number of aliphatic hydroxyl groups is 1. The van der Waals surface area contributed by atoms with Gasteiger partial charge in [-0.15, -0.1) is 0 Å². The average Bonchev–Trinajstić information content (AvgIpc) is 2.43. The second kappa shape index (κ2) is 6.18. The van der Waals surface area contributed by atoms with Crippen LogP contribution in [0, 0.1) is 11.7 Å². The molecule has 2 atom stereocenters. The minimum absolute atomic E-state index is 0.00276. The Balaban J connectivity index is 2.08. The van der Waals surface area contributed by atoms with Crippen molar-refractivity contribution >= 4 is 11.6 Å². The Bertz CT molecular complexity index is 542. The molecule has 0 aliphatic heterocycles. The highest BCUT2D eigenvalue weighted by Crippen LogP contribution is 2.26. The van der Waals surface area contributed by atoms with E-state index in [9.17, 15) is 9.50 Å². The van der Waals surface area contributed by atoms with E-state index in [-0.39, 0.29) is 10.9 Å². The number of hydrogen-bond donors (Lipinski definition) is 1. The van der Waals surface area contributed by atoms with Crippen LogP contribution in [0.25, 0.3) is 0 Å². The number of rotatable bonds is 4. The molecular formula is C16H16ClFO. The summed E-state index contributed by atoms with van der Waals surface area (Å²) >= 11 is 5.65. The Morgan fingerprint density at radius 2 is 1.84 bits per heavy atom. The fraction of sp³-hybridized carbons (Fsp3) is 0.250. The summed E-state index contributed by atoms with van der Waals surface area (Å²) in [4.78, 5) is 0. The molecule has 0 aromatic heterocycles. The second-order valence-electron chi connectivity index (χ2n) is 4.79. The monoisotopic (exact) mass is 278 g/mol. The summed E-state index contributed by atoms with van der Waals surface area (Å²) in [6.45, 7) is 1.95. The lowest BCUT2D eigenvalue weighted by Gasteiger charge is -2.19. The zero-order chi connectivity index (χ0) is 13.8. The molecule has 0 saturated carbocycles. The highest BCUT2D eigenvalue weighted by Gasteiger charge is 2.17.